The highest BCUT2D eigenvalue weighted by atomic mass is 35.5. The summed E-state index contributed by atoms with van der Waals surface area (Å²) in [4.78, 5) is 20.9. The topological polar surface area (TPSA) is 70.6 Å². The molecule has 0 spiro atoms. The average molecular weight is 456 g/mol. The van der Waals surface area contributed by atoms with E-state index >= 15 is 0 Å². The number of para-hydroxylation sites is 1. The number of likely N-dealkylation sites (N-methyl/N-ethyl adjacent to an activating group) is 1. The lowest BCUT2D eigenvalue weighted by atomic mass is 10.2. The van der Waals surface area contributed by atoms with Crippen LogP contribution in [-0.2, 0) is 9.84 Å². The summed E-state index contributed by atoms with van der Waals surface area (Å²) in [6.07, 6.45) is 1.11. The number of benzene rings is 2. The van der Waals surface area contributed by atoms with Gasteiger partial charge in [0.2, 0.25) is 0 Å². The van der Waals surface area contributed by atoms with Gasteiger partial charge in [-0.1, -0.05) is 35.1 Å². The van der Waals surface area contributed by atoms with Gasteiger partial charge in [-0.25, -0.2) is 17.8 Å². The van der Waals surface area contributed by atoms with Crippen LogP contribution >= 0.6 is 22.9 Å². The van der Waals surface area contributed by atoms with E-state index in [-0.39, 0.29) is 32.7 Å². The number of carbonyl (C=O) groups is 1. The van der Waals surface area contributed by atoms with Crippen molar-refractivity contribution in [3.63, 3.8) is 0 Å². The van der Waals surface area contributed by atoms with Crippen LogP contribution in [0.15, 0.2) is 41.3 Å². The summed E-state index contributed by atoms with van der Waals surface area (Å²) in [5.41, 5.74) is 0.0489. The van der Waals surface area contributed by atoms with Crippen LogP contribution in [0.1, 0.15) is 10.4 Å². The van der Waals surface area contributed by atoms with Crippen LogP contribution in [-0.4, -0.2) is 57.6 Å². The predicted octanol–water partition coefficient (Wildman–Crippen LogP) is 3.70. The molecule has 3 rings (SSSR count). The lowest BCUT2D eigenvalue weighted by Gasteiger charge is -2.22. The number of carbonyl (C=O) groups excluding carboxylic acids is 1. The second-order valence-corrected chi connectivity index (χ2v) is 10.1. The summed E-state index contributed by atoms with van der Waals surface area (Å²) >= 11 is 7.26. The van der Waals surface area contributed by atoms with Crippen LogP contribution in [0.3, 0.4) is 0 Å². The summed E-state index contributed by atoms with van der Waals surface area (Å²) in [5.74, 6) is -1.36. The zero-order valence-electron chi connectivity index (χ0n) is 16.0. The van der Waals surface area contributed by atoms with Crippen LogP contribution in [0.5, 0.6) is 0 Å². The van der Waals surface area contributed by atoms with Gasteiger partial charge in [0.15, 0.2) is 15.0 Å². The minimum absolute atomic E-state index is 0.00258. The summed E-state index contributed by atoms with van der Waals surface area (Å²) in [7, 11) is 0.190. The summed E-state index contributed by atoms with van der Waals surface area (Å²) in [6.45, 7) is 0.719. The smallest absolute Gasteiger partial charge is 0.264 e. The molecule has 154 valence electrons. The zero-order chi connectivity index (χ0) is 21.3. The van der Waals surface area contributed by atoms with E-state index in [0.717, 1.165) is 6.26 Å². The molecular weight excluding hydrogens is 437 g/mol. The first-order valence-corrected chi connectivity index (χ1v) is 11.7. The van der Waals surface area contributed by atoms with E-state index in [0.29, 0.717) is 11.2 Å². The van der Waals surface area contributed by atoms with Crippen LogP contribution in [0, 0.1) is 5.82 Å². The molecule has 10 heteroatoms. The molecule has 0 saturated heterocycles. The number of hydrogen-bond donors (Lipinski definition) is 0. The number of amides is 1. The Morgan fingerprint density at radius 2 is 1.86 bits per heavy atom. The average Bonchev–Trinajstić information content (AvgIpc) is 3.04. The number of thiazole rings is 1. The van der Waals surface area contributed by atoms with E-state index in [2.05, 4.69) is 4.98 Å². The van der Waals surface area contributed by atoms with Crippen LogP contribution < -0.4 is 4.90 Å². The van der Waals surface area contributed by atoms with Gasteiger partial charge in [0.1, 0.15) is 11.3 Å². The predicted molar refractivity (Wildman–Crippen MR) is 114 cm³/mol. The molecule has 2 aromatic carbocycles. The quantitative estimate of drug-likeness (QED) is 0.566. The maximum atomic E-state index is 14.4. The van der Waals surface area contributed by atoms with Crippen molar-refractivity contribution < 1.29 is 17.6 Å². The van der Waals surface area contributed by atoms with Crippen LogP contribution in [0.25, 0.3) is 10.2 Å². The standard InChI is InChI=1S/C19H19ClFN3O3S2/c1-23(2)10-11-24(18(25)16-12(20)6-4-7-13(16)21)19-22-17-14(28-19)8-5-9-15(17)29(3,26)27/h4-9H,10-11H2,1-3H3. The molecule has 0 bridgehead atoms. The summed E-state index contributed by atoms with van der Waals surface area (Å²) in [6, 6.07) is 8.87. The molecule has 0 atom stereocenters. The highest BCUT2D eigenvalue weighted by molar-refractivity contribution is 7.91. The zero-order valence-corrected chi connectivity index (χ0v) is 18.4. The number of aromatic nitrogens is 1. The first kappa shape index (κ1) is 21.6. The molecule has 0 N–H and O–H groups in total. The Balaban J connectivity index is 2.14. The lowest BCUT2D eigenvalue weighted by molar-refractivity contribution is 0.0981. The third kappa shape index (κ3) is 4.58. The summed E-state index contributed by atoms with van der Waals surface area (Å²) < 4.78 is 39.2. The Morgan fingerprint density at radius 1 is 1.17 bits per heavy atom. The maximum Gasteiger partial charge on any atom is 0.264 e. The number of sulfone groups is 1. The van der Waals surface area contributed by atoms with E-state index < -0.39 is 21.6 Å². The number of halogens is 2. The third-order valence-electron chi connectivity index (χ3n) is 4.19. The number of nitrogens with zero attached hydrogens (tertiary/aromatic N) is 3. The first-order valence-electron chi connectivity index (χ1n) is 8.60. The molecule has 0 unspecified atom stereocenters. The van der Waals surface area contributed by atoms with E-state index in [1.165, 1.54) is 40.5 Å². The van der Waals surface area contributed by atoms with E-state index in [9.17, 15) is 17.6 Å². The van der Waals surface area contributed by atoms with Gasteiger partial charge >= 0.3 is 0 Å². The van der Waals surface area contributed by atoms with Gasteiger partial charge in [-0.2, -0.15) is 0 Å². The fourth-order valence-electron chi connectivity index (χ4n) is 2.75. The van der Waals surface area contributed by atoms with Gasteiger partial charge in [0, 0.05) is 19.3 Å². The highest BCUT2D eigenvalue weighted by Crippen LogP contribution is 2.34. The Kier molecular flexibility index (Phi) is 6.23. The number of anilines is 1. The lowest BCUT2D eigenvalue weighted by Crippen LogP contribution is -2.37. The van der Waals surface area contributed by atoms with Crippen molar-refractivity contribution in [2.75, 3.05) is 38.3 Å². The van der Waals surface area contributed by atoms with Gasteiger partial charge in [-0.05, 0) is 38.4 Å². The Bertz CT molecular complexity index is 1160. The molecule has 1 amide bonds. The Morgan fingerprint density at radius 3 is 2.48 bits per heavy atom. The number of fused-ring (bicyclic) bond motifs is 1. The van der Waals surface area contributed by atoms with E-state index in [1.54, 1.807) is 12.1 Å². The maximum absolute atomic E-state index is 14.4. The fraction of sp³-hybridized carbons (Fsp3) is 0.263. The van der Waals surface area contributed by atoms with Crippen molar-refractivity contribution in [1.29, 1.82) is 0 Å². The van der Waals surface area contributed by atoms with Crippen molar-refractivity contribution >= 4 is 54.0 Å². The molecule has 6 nitrogen and oxygen atoms in total. The van der Waals surface area contributed by atoms with Crippen molar-refractivity contribution in [2.24, 2.45) is 0 Å². The second-order valence-electron chi connectivity index (χ2n) is 6.73. The first-order chi connectivity index (χ1) is 13.6. The Labute approximate surface area is 177 Å². The largest absolute Gasteiger partial charge is 0.308 e. The van der Waals surface area contributed by atoms with Crippen molar-refractivity contribution in [3.05, 3.63) is 52.8 Å². The Hall–Kier alpha value is -2.07. The van der Waals surface area contributed by atoms with E-state index in [1.807, 2.05) is 19.0 Å². The molecule has 1 heterocycles. The van der Waals surface area contributed by atoms with Gasteiger partial charge in [0.05, 0.1) is 20.2 Å². The molecule has 0 aliphatic carbocycles. The van der Waals surface area contributed by atoms with Crippen molar-refractivity contribution in [1.82, 2.24) is 9.88 Å². The van der Waals surface area contributed by atoms with Gasteiger partial charge in [-0.3, -0.25) is 9.69 Å². The molecule has 29 heavy (non-hydrogen) atoms. The van der Waals surface area contributed by atoms with Crippen LogP contribution in [0.4, 0.5) is 9.52 Å². The number of rotatable bonds is 6. The molecule has 1 aromatic heterocycles. The monoisotopic (exact) mass is 455 g/mol. The molecule has 0 radical (unpaired) electrons. The molecule has 3 aromatic rings. The summed E-state index contributed by atoms with van der Waals surface area (Å²) in [5, 5.41) is 0.282. The molecule has 0 fully saturated rings. The minimum atomic E-state index is -3.50. The minimum Gasteiger partial charge on any atom is -0.308 e. The molecule has 0 saturated carbocycles. The van der Waals surface area contributed by atoms with Crippen molar-refractivity contribution in [2.45, 2.75) is 4.90 Å². The second kappa shape index (κ2) is 8.35. The van der Waals surface area contributed by atoms with Gasteiger partial charge in [0.25, 0.3) is 5.91 Å². The molecule has 0 aliphatic heterocycles. The van der Waals surface area contributed by atoms with Crippen molar-refractivity contribution in [3.8, 4) is 0 Å². The van der Waals surface area contributed by atoms with Gasteiger partial charge in [-0.15, -0.1) is 0 Å². The normalized spacial score (nSPS) is 11.9. The number of hydrogen-bond acceptors (Lipinski definition) is 6. The molecular formula is C19H19ClFN3O3S2. The van der Waals surface area contributed by atoms with Gasteiger partial charge < -0.3 is 4.90 Å². The SMILES string of the molecule is CN(C)CCN(C(=O)c1c(F)cccc1Cl)c1nc2c(S(C)(=O)=O)cccc2s1. The third-order valence-corrected chi connectivity index (χ3v) is 6.68. The highest BCUT2D eigenvalue weighted by Gasteiger charge is 2.27. The molecule has 0 aliphatic rings. The van der Waals surface area contributed by atoms with Crippen LogP contribution in [0.2, 0.25) is 5.02 Å². The van der Waals surface area contributed by atoms with E-state index in [4.69, 9.17) is 11.6 Å². The fourth-order valence-corrected chi connectivity index (χ4v) is 4.91.